The van der Waals surface area contributed by atoms with Crippen LogP contribution in [0.1, 0.15) is 86.7 Å². The van der Waals surface area contributed by atoms with Crippen LogP contribution in [-0.2, 0) is 31.2 Å². The molecule has 2 aromatic heterocycles. The molecule has 3 fully saturated rings. The Balaban J connectivity index is 1.10. The number of fused-ring (bicyclic) bond motifs is 2. The minimum atomic E-state index is -2.62. The summed E-state index contributed by atoms with van der Waals surface area (Å²) < 4.78 is 33.1. The molecule has 2 saturated heterocycles. The van der Waals surface area contributed by atoms with Gasteiger partial charge in [0, 0.05) is 86.9 Å². The van der Waals surface area contributed by atoms with Crippen LogP contribution < -0.4 is 10.2 Å². The second-order valence-electron chi connectivity index (χ2n) is 14.5. The number of aromatic nitrogens is 4. The van der Waals surface area contributed by atoms with Gasteiger partial charge in [0.25, 0.3) is 6.43 Å². The van der Waals surface area contributed by atoms with E-state index in [9.17, 15) is 13.6 Å². The molecule has 4 aliphatic heterocycles. The average molecular weight is 633 g/mol. The van der Waals surface area contributed by atoms with Gasteiger partial charge < -0.3 is 20.0 Å². The molecule has 1 aliphatic carbocycles. The average Bonchev–Trinajstić information content (AvgIpc) is 3.66. The summed E-state index contributed by atoms with van der Waals surface area (Å²) in [6, 6.07) is 4.60. The van der Waals surface area contributed by atoms with Crippen molar-refractivity contribution in [3.8, 4) is 11.1 Å². The van der Waals surface area contributed by atoms with Gasteiger partial charge in [0.05, 0.1) is 18.8 Å². The van der Waals surface area contributed by atoms with E-state index in [1.54, 1.807) is 37.1 Å². The van der Waals surface area contributed by atoms with E-state index in [1.807, 2.05) is 11.0 Å². The highest BCUT2D eigenvalue weighted by Crippen LogP contribution is 2.45. The standard InChI is InChI=1S/C35H46F2N8O/c1-23(46)43-13-9-31-30(20-43)34(40-45(31)27-7-5-26(6-8-27)42-14-10-35(11-15-42)21-38-22-35)44-12-3-4-24-16-28(25-18-39-41(2)19-25)29(33(36)37)17-32(24)44/h16-19,26-27,33,38H,3-15,20-22H2,1-2H3. The minimum Gasteiger partial charge on any atom is -0.338 e. The normalized spacial score (nSPS) is 24.6. The van der Waals surface area contributed by atoms with Crippen molar-refractivity contribution in [2.75, 3.05) is 44.2 Å². The Morgan fingerprint density at radius 3 is 2.43 bits per heavy atom. The van der Waals surface area contributed by atoms with Crippen molar-refractivity contribution in [1.29, 1.82) is 0 Å². The topological polar surface area (TPSA) is 74.5 Å². The first-order valence-electron chi connectivity index (χ1n) is 17.3. The van der Waals surface area contributed by atoms with E-state index in [4.69, 9.17) is 5.10 Å². The lowest BCUT2D eigenvalue weighted by Gasteiger charge is -2.50. The molecule has 0 unspecified atom stereocenters. The molecule has 9 nitrogen and oxygen atoms in total. The number of halogens is 2. The summed E-state index contributed by atoms with van der Waals surface area (Å²) in [5.41, 5.74) is 6.01. The van der Waals surface area contributed by atoms with Crippen LogP contribution in [0.25, 0.3) is 11.1 Å². The summed E-state index contributed by atoms with van der Waals surface area (Å²) >= 11 is 0. The number of hydrogen-bond acceptors (Lipinski definition) is 6. The first kappa shape index (κ1) is 30.1. The third-order valence-electron chi connectivity index (χ3n) is 11.8. The van der Waals surface area contributed by atoms with E-state index in [0.717, 1.165) is 54.7 Å². The van der Waals surface area contributed by atoms with E-state index in [-0.39, 0.29) is 11.5 Å². The van der Waals surface area contributed by atoms with Crippen LogP contribution in [0.3, 0.4) is 0 Å². The van der Waals surface area contributed by atoms with Gasteiger partial charge in [0.1, 0.15) is 0 Å². The summed E-state index contributed by atoms with van der Waals surface area (Å²) in [4.78, 5) is 19.3. The monoisotopic (exact) mass is 632 g/mol. The maximum Gasteiger partial charge on any atom is 0.264 e. The summed E-state index contributed by atoms with van der Waals surface area (Å²) in [6.45, 7) is 8.37. The Morgan fingerprint density at radius 2 is 1.78 bits per heavy atom. The van der Waals surface area contributed by atoms with Gasteiger partial charge in [-0.25, -0.2) is 8.78 Å². The largest absolute Gasteiger partial charge is 0.338 e. The van der Waals surface area contributed by atoms with Crippen molar-refractivity contribution >= 4 is 17.4 Å². The van der Waals surface area contributed by atoms with E-state index in [0.29, 0.717) is 48.3 Å². The first-order chi connectivity index (χ1) is 22.3. The number of nitrogens with one attached hydrogen (secondary N) is 1. The molecule has 6 heterocycles. The Bertz CT molecular complexity index is 1610. The SMILES string of the molecule is CC(=O)N1CCc2c(c(N3CCCc4cc(-c5cnn(C)c5)c(C(F)F)cc43)nn2C2CCC(N3CCC4(CC3)CNC4)CC2)C1. The summed E-state index contributed by atoms with van der Waals surface area (Å²) in [5.74, 6) is 0.903. The van der Waals surface area contributed by atoms with E-state index < -0.39 is 6.43 Å². The van der Waals surface area contributed by atoms with Crippen LogP contribution in [0, 0.1) is 5.41 Å². The Hall–Kier alpha value is -3.31. The van der Waals surface area contributed by atoms with E-state index >= 15 is 0 Å². The molecule has 46 heavy (non-hydrogen) atoms. The summed E-state index contributed by atoms with van der Waals surface area (Å²) in [6.07, 6.45) is 10.5. The number of aryl methyl sites for hydroxylation is 2. The molecule has 5 aliphatic rings. The highest BCUT2D eigenvalue weighted by Gasteiger charge is 2.42. The zero-order valence-corrected chi connectivity index (χ0v) is 27.1. The summed E-state index contributed by atoms with van der Waals surface area (Å²) in [7, 11) is 1.80. The number of piperidine rings is 1. The molecule has 1 spiro atoms. The van der Waals surface area contributed by atoms with Crippen LogP contribution in [-0.4, -0.2) is 80.6 Å². The molecule has 0 atom stereocenters. The van der Waals surface area contributed by atoms with Crippen LogP contribution in [0.5, 0.6) is 0 Å². The Morgan fingerprint density at radius 1 is 1.02 bits per heavy atom. The van der Waals surface area contributed by atoms with Crippen LogP contribution >= 0.6 is 0 Å². The summed E-state index contributed by atoms with van der Waals surface area (Å²) in [5, 5.41) is 13.1. The number of nitrogens with zero attached hydrogens (tertiary/aromatic N) is 7. The smallest absolute Gasteiger partial charge is 0.264 e. The fraction of sp³-hybridized carbons (Fsp3) is 0.629. The highest BCUT2D eigenvalue weighted by molar-refractivity contribution is 5.78. The molecular formula is C35H46F2N8O. The van der Waals surface area contributed by atoms with Gasteiger partial charge in [-0.3, -0.25) is 14.2 Å². The van der Waals surface area contributed by atoms with Crippen molar-refractivity contribution in [2.45, 2.75) is 89.8 Å². The fourth-order valence-corrected chi connectivity index (χ4v) is 8.94. The van der Waals surface area contributed by atoms with E-state index in [1.165, 1.54) is 57.6 Å². The van der Waals surface area contributed by atoms with Crippen LogP contribution in [0.2, 0.25) is 0 Å². The predicted octanol–water partition coefficient (Wildman–Crippen LogP) is 5.38. The van der Waals surface area contributed by atoms with Gasteiger partial charge in [0.15, 0.2) is 5.82 Å². The Kier molecular flexibility index (Phi) is 7.67. The zero-order valence-electron chi connectivity index (χ0n) is 27.1. The number of alkyl halides is 2. The third-order valence-corrected chi connectivity index (χ3v) is 11.8. The van der Waals surface area contributed by atoms with Gasteiger partial charge in [-0.05, 0) is 93.1 Å². The lowest BCUT2D eigenvalue weighted by molar-refractivity contribution is -0.129. The third kappa shape index (κ3) is 5.23. The van der Waals surface area contributed by atoms with Crippen molar-refractivity contribution in [3.63, 3.8) is 0 Å². The quantitative estimate of drug-likeness (QED) is 0.408. The maximum atomic E-state index is 14.6. The number of carbonyl (C=O) groups excluding carboxylic acids is 1. The Labute approximate surface area is 269 Å². The second kappa shape index (κ2) is 11.7. The van der Waals surface area contributed by atoms with Crippen molar-refractivity contribution in [3.05, 3.63) is 46.9 Å². The van der Waals surface area contributed by atoms with Gasteiger partial charge in [-0.15, -0.1) is 0 Å². The van der Waals surface area contributed by atoms with Gasteiger partial charge in [-0.2, -0.15) is 10.2 Å². The number of likely N-dealkylation sites (tertiary alicyclic amines) is 1. The molecule has 1 saturated carbocycles. The molecule has 8 rings (SSSR count). The van der Waals surface area contributed by atoms with Gasteiger partial charge >= 0.3 is 0 Å². The number of carbonyl (C=O) groups is 1. The molecule has 11 heteroatoms. The van der Waals surface area contributed by atoms with Crippen LogP contribution in [0.15, 0.2) is 24.5 Å². The van der Waals surface area contributed by atoms with Crippen molar-refractivity contribution < 1.29 is 13.6 Å². The van der Waals surface area contributed by atoms with Gasteiger partial charge in [-0.1, -0.05) is 0 Å². The molecule has 0 radical (unpaired) electrons. The second-order valence-corrected chi connectivity index (χ2v) is 14.5. The fourth-order valence-electron chi connectivity index (χ4n) is 8.94. The van der Waals surface area contributed by atoms with E-state index in [2.05, 4.69) is 24.9 Å². The minimum absolute atomic E-state index is 0.0211. The molecule has 1 amide bonds. The number of benzene rings is 1. The number of anilines is 2. The lowest BCUT2D eigenvalue weighted by Crippen LogP contribution is -2.59. The molecule has 3 aromatic rings. The predicted molar refractivity (Wildman–Crippen MR) is 173 cm³/mol. The van der Waals surface area contributed by atoms with Crippen molar-refractivity contribution in [2.24, 2.45) is 12.5 Å². The number of rotatable bonds is 5. The van der Waals surface area contributed by atoms with Crippen molar-refractivity contribution in [1.82, 2.24) is 34.7 Å². The number of amides is 1. The zero-order chi connectivity index (χ0) is 31.6. The first-order valence-corrected chi connectivity index (χ1v) is 17.3. The molecule has 246 valence electrons. The lowest BCUT2D eigenvalue weighted by atomic mass is 9.73. The molecule has 0 bridgehead atoms. The number of hydrogen-bond donors (Lipinski definition) is 1. The molecule has 1 aromatic carbocycles. The maximum absolute atomic E-state index is 14.6. The molecule has 1 N–H and O–H groups in total. The van der Waals surface area contributed by atoms with Crippen LogP contribution in [0.4, 0.5) is 20.3 Å². The highest BCUT2D eigenvalue weighted by atomic mass is 19.3. The van der Waals surface area contributed by atoms with Gasteiger partial charge in [0.2, 0.25) is 5.91 Å². The molecular weight excluding hydrogens is 586 g/mol.